The van der Waals surface area contributed by atoms with Gasteiger partial charge in [0.1, 0.15) is 17.7 Å². The van der Waals surface area contributed by atoms with Gasteiger partial charge in [-0.1, -0.05) is 19.9 Å². The van der Waals surface area contributed by atoms with E-state index >= 15 is 0 Å². The Kier molecular flexibility index (Phi) is 6.42. The average Bonchev–Trinajstić information content (AvgIpc) is 3.08. The van der Waals surface area contributed by atoms with Crippen LogP contribution in [0.15, 0.2) is 30.6 Å². The highest BCUT2D eigenvalue weighted by molar-refractivity contribution is 5.35. The molecule has 1 saturated heterocycles. The number of hydrogen-bond donors (Lipinski definition) is 1. The molecule has 0 radical (unpaired) electrons. The molecule has 136 valence electrons. The zero-order valence-corrected chi connectivity index (χ0v) is 15.3. The molecular formula is C19H29N5O. The second kappa shape index (κ2) is 8.97. The van der Waals surface area contributed by atoms with Crippen molar-refractivity contribution >= 4 is 5.82 Å². The normalized spacial score (nSPS) is 18.4. The predicted molar refractivity (Wildman–Crippen MR) is 99.5 cm³/mol. The number of imidazole rings is 1. The van der Waals surface area contributed by atoms with E-state index in [-0.39, 0.29) is 6.10 Å². The summed E-state index contributed by atoms with van der Waals surface area (Å²) in [5.74, 6) is 2.06. The van der Waals surface area contributed by atoms with Crippen LogP contribution in [0.2, 0.25) is 0 Å². The van der Waals surface area contributed by atoms with Gasteiger partial charge in [0.05, 0.1) is 18.8 Å². The molecule has 1 atom stereocenters. The van der Waals surface area contributed by atoms with Crippen LogP contribution in [0.4, 0.5) is 5.82 Å². The number of hydrogen-bond acceptors (Lipinski definition) is 5. The van der Waals surface area contributed by atoms with Gasteiger partial charge >= 0.3 is 0 Å². The quantitative estimate of drug-likeness (QED) is 0.798. The van der Waals surface area contributed by atoms with E-state index in [1.807, 2.05) is 12.3 Å². The van der Waals surface area contributed by atoms with Gasteiger partial charge in [-0.25, -0.2) is 9.97 Å². The molecule has 1 aliphatic rings. The lowest BCUT2D eigenvalue weighted by Crippen LogP contribution is -2.38. The van der Waals surface area contributed by atoms with Gasteiger partial charge in [0.2, 0.25) is 0 Å². The van der Waals surface area contributed by atoms with Crippen LogP contribution < -0.4 is 5.32 Å². The lowest BCUT2D eigenvalue weighted by atomic mass is 10.2. The molecule has 0 aromatic carbocycles. The molecule has 0 bridgehead atoms. The van der Waals surface area contributed by atoms with Crippen molar-refractivity contribution in [3.05, 3.63) is 42.1 Å². The maximum Gasteiger partial charge on any atom is 0.126 e. The average molecular weight is 343 g/mol. The molecule has 0 spiro atoms. The Morgan fingerprint density at radius 3 is 3.04 bits per heavy atom. The maximum atomic E-state index is 5.99. The first kappa shape index (κ1) is 17.9. The van der Waals surface area contributed by atoms with Crippen molar-refractivity contribution in [2.45, 2.75) is 45.9 Å². The van der Waals surface area contributed by atoms with E-state index in [4.69, 9.17) is 9.72 Å². The highest BCUT2D eigenvalue weighted by Crippen LogP contribution is 2.23. The van der Waals surface area contributed by atoms with Gasteiger partial charge in [-0.2, -0.15) is 0 Å². The highest BCUT2D eigenvalue weighted by Gasteiger charge is 2.24. The third-order valence-electron chi connectivity index (χ3n) is 4.44. The molecule has 0 amide bonds. The second-order valence-electron chi connectivity index (χ2n) is 6.51. The summed E-state index contributed by atoms with van der Waals surface area (Å²) in [6.07, 6.45) is 6.20. The van der Waals surface area contributed by atoms with Crippen LogP contribution in [0.1, 0.15) is 44.3 Å². The molecule has 3 heterocycles. The Morgan fingerprint density at radius 2 is 2.20 bits per heavy atom. The molecule has 1 N–H and O–H groups in total. The summed E-state index contributed by atoms with van der Waals surface area (Å²) >= 11 is 0. The molecule has 1 aliphatic heterocycles. The second-order valence-corrected chi connectivity index (χ2v) is 6.51. The minimum Gasteiger partial charge on any atom is -0.370 e. The summed E-state index contributed by atoms with van der Waals surface area (Å²) in [5, 5.41) is 3.35. The van der Waals surface area contributed by atoms with Gasteiger partial charge in [-0.05, 0) is 25.0 Å². The number of nitrogens with one attached hydrogen (secondary N) is 1. The number of morpholine rings is 1. The van der Waals surface area contributed by atoms with Crippen LogP contribution >= 0.6 is 0 Å². The van der Waals surface area contributed by atoms with Crippen LogP contribution in [0.25, 0.3) is 0 Å². The first-order valence-corrected chi connectivity index (χ1v) is 9.35. The Labute approximate surface area is 150 Å². The first-order chi connectivity index (χ1) is 12.3. The molecule has 2 aromatic rings. The molecule has 6 heteroatoms. The Morgan fingerprint density at radius 1 is 1.28 bits per heavy atom. The number of anilines is 1. The topological polar surface area (TPSA) is 55.2 Å². The van der Waals surface area contributed by atoms with Gasteiger partial charge < -0.3 is 14.6 Å². The van der Waals surface area contributed by atoms with Crippen molar-refractivity contribution in [2.75, 3.05) is 31.6 Å². The van der Waals surface area contributed by atoms with Crippen molar-refractivity contribution in [2.24, 2.45) is 0 Å². The fourth-order valence-corrected chi connectivity index (χ4v) is 3.14. The molecule has 25 heavy (non-hydrogen) atoms. The van der Waals surface area contributed by atoms with Gasteiger partial charge in [-0.3, -0.25) is 4.90 Å². The first-order valence-electron chi connectivity index (χ1n) is 9.35. The predicted octanol–water partition coefficient (Wildman–Crippen LogP) is 3.08. The van der Waals surface area contributed by atoms with Crippen molar-refractivity contribution in [3.8, 4) is 0 Å². The summed E-state index contributed by atoms with van der Waals surface area (Å²) in [6, 6.07) is 6.13. The van der Waals surface area contributed by atoms with Crippen molar-refractivity contribution in [1.82, 2.24) is 19.4 Å². The molecule has 0 saturated carbocycles. The summed E-state index contributed by atoms with van der Waals surface area (Å²) in [7, 11) is 0. The van der Waals surface area contributed by atoms with Crippen molar-refractivity contribution in [1.29, 1.82) is 0 Å². The molecule has 0 aliphatic carbocycles. The summed E-state index contributed by atoms with van der Waals surface area (Å²) in [5.41, 5.74) is 1.00. The number of nitrogens with zero attached hydrogens (tertiary/aromatic N) is 4. The van der Waals surface area contributed by atoms with Crippen molar-refractivity contribution < 1.29 is 4.74 Å². The third kappa shape index (κ3) is 4.80. The fourth-order valence-electron chi connectivity index (χ4n) is 3.14. The van der Waals surface area contributed by atoms with E-state index in [1.54, 1.807) is 0 Å². The van der Waals surface area contributed by atoms with E-state index in [2.05, 4.69) is 51.9 Å². The fraction of sp³-hybridized carbons (Fsp3) is 0.579. The van der Waals surface area contributed by atoms with Gasteiger partial charge in [0, 0.05) is 38.6 Å². The third-order valence-corrected chi connectivity index (χ3v) is 4.44. The Hall–Kier alpha value is -1.92. The number of ether oxygens (including phenoxy) is 1. The summed E-state index contributed by atoms with van der Waals surface area (Å²) in [4.78, 5) is 11.7. The summed E-state index contributed by atoms with van der Waals surface area (Å²) < 4.78 is 8.24. The standard InChI is InChI=1S/C19H29N5O/c1-3-8-20-18-7-5-6-16(22-18)17-14-23(12-13-25-17)15-19-21-9-11-24(19)10-4-2/h5-7,9,11,17H,3-4,8,10,12-15H2,1-2H3,(H,20,22)/t17-/m1/s1. The highest BCUT2D eigenvalue weighted by atomic mass is 16.5. The maximum absolute atomic E-state index is 5.99. The minimum absolute atomic E-state index is 0.0201. The van der Waals surface area contributed by atoms with Crippen LogP contribution in [0.5, 0.6) is 0 Å². The SMILES string of the molecule is CCCNc1cccc([C@H]2CN(Cc3nccn3CCC)CCO2)n1. The zero-order valence-electron chi connectivity index (χ0n) is 15.3. The molecule has 0 unspecified atom stereocenters. The van der Waals surface area contributed by atoms with Crippen LogP contribution in [-0.2, 0) is 17.8 Å². The van der Waals surface area contributed by atoms with E-state index in [9.17, 15) is 0 Å². The number of rotatable bonds is 8. The zero-order chi connectivity index (χ0) is 17.5. The van der Waals surface area contributed by atoms with Crippen LogP contribution in [0.3, 0.4) is 0 Å². The largest absolute Gasteiger partial charge is 0.370 e. The van der Waals surface area contributed by atoms with Crippen LogP contribution in [0, 0.1) is 0 Å². The molecular weight excluding hydrogens is 314 g/mol. The summed E-state index contributed by atoms with van der Waals surface area (Å²) in [6.45, 7) is 9.69. The minimum atomic E-state index is 0.0201. The Balaban J connectivity index is 1.63. The smallest absolute Gasteiger partial charge is 0.126 e. The molecule has 6 nitrogen and oxygen atoms in total. The van der Waals surface area contributed by atoms with Crippen molar-refractivity contribution in [3.63, 3.8) is 0 Å². The molecule has 2 aromatic heterocycles. The number of pyridine rings is 1. The number of aromatic nitrogens is 3. The van der Waals surface area contributed by atoms with Gasteiger partial charge in [0.15, 0.2) is 0 Å². The monoisotopic (exact) mass is 343 g/mol. The van der Waals surface area contributed by atoms with E-state index in [0.717, 1.165) is 69.5 Å². The Bertz CT molecular complexity index is 657. The van der Waals surface area contributed by atoms with Gasteiger partial charge in [0.25, 0.3) is 0 Å². The van der Waals surface area contributed by atoms with Crippen LogP contribution in [-0.4, -0.2) is 45.7 Å². The van der Waals surface area contributed by atoms with E-state index in [1.165, 1.54) is 0 Å². The lowest BCUT2D eigenvalue weighted by Gasteiger charge is -2.32. The van der Waals surface area contributed by atoms with E-state index in [0.29, 0.717) is 0 Å². The van der Waals surface area contributed by atoms with Gasteiger partial charge in [-0.15, -0.1) is 0 Å². The van der Waals surface area contributed by atoms with E-state index < -0.39 is 0 Å². The lowest BCUT2D eigenvalue weighted by molar-refractivity contribution is -0.0359. The molecule has 3 rings (SSSR count). The number of aryl methyl sites for hydroxylation is 1. The molecule has 1 fully saturated rings.